The van der Waals surface area contributed by atoms with Crippen molar-refractivity contribution in [1.82, 2.24) is 0 Å². The third-order valence-corrected chi connectivity index (χ3v) is 6.81. The first-order valence-electron chi connectivity index (χ1n) is 8.51. The molecule has 0 atom stereocenters. The van der Waals surface area contributed by atoms with Gasteiger partial charge in [0.2, 0.25) is 0 Å². The van der Waals surface area contributed by atoms with Crippen molar-refractivity contribution in [2.45, 2.75) is 19.4 Å². The highest BCUT2D eigenvalue weighted by Crippen LogP contribution is 2.53. The van der Waals surface area contributed by atoms with Crippen LogP contribution < -0.4 is 4.74 Å². The van der Waals surface area contributed by atoms with Crippen LogP contribution in [0.25, 0.3) is 5.03 Å². The van der Waals surface area contributed by atoms with Crippen LogP contribution >= 0.6 is 34.2 Å². The van der Waals surface area contributed by atoms with Crippen LogP contribution in [0.1, 0.15) is 27.8 Å². The topological polar surface area (TPSA) is 9.23 Å². The Morgan fingerprint density at radius 2 is 1.27 bits per heavy atom. The number of fused-ring (bicyclic) bond motifs is 1. The molecule has 1 heterocycles. The fourth-order valence-electron chi connectivity index (χ4n) is 3.33. The van der Waals surface area contributed by atoms with E-state index in [1.165, 1.54) is 11.1 Å². The van der Waals surface area contributed by atoms with Crippen LogP contribution in [0.5, 0.6) is 5.75 Å². The van der Waals surface area contributed by atoms with Crippen LogP contribution in [0.2, 0.25) is 0 Å². The summed E-state index contributed by atoms with van der Waals surface area (Å²) in [6.07, 6.45) is 0. The second-order valence-electron chi connectivity index (χ2n) is 6.64. The maximum absolute atomic E-state index is 6.84. The van der Waals surface area contributed by atoms with Crippen LogP contribution in [-0.4, -0.2) is 0 Å². The summed E-state index contributed by atoms with van der Waals surface area (Å²) in [5.41, 5.74) is 4.78. The number of rotatable bonds is 2. The Balaban J connectivity index is 2.03. The Kier molecular flexibility index (Phi) is 4.57. The summed E-state index contributed by atoms with van der Waals surface area (Å²) in [7, 11) is 0. The molecule has 0 spiro atoms. The number of halogens is 2. The molecule has 3 aromatic carbocycles. The summed E-state index contributed by atoms with van der Waals surface area (Å²) in [4.78, 5) is 0. The minimum absolute atomic E-state index is 0.743. The number of hydrogen-bond donors (Lipinski definition) is 0. The van der Waals surface area contributed by atoms with Crippen LogP contribution in [0.3, 0.4) is 0 Å². The summed E-state index contributed by atoms with van der Waals surface area (Å²) in [5.74, 6) is 0.805. The van der Waals surface area contributed by atoms with Gasteiger partial charge in [-0.15, -0.1) is 0 Å². The van der Waals surface area contributed by atoms with Crippen LogP contribution in [0, 0.1) is 13.8 Å². The molecule has 0 amide bonds. The molecule has 0 saturated carbocycles. The van der Waals surface area contributed by atoms with Crippen LogP contribution in [0.15, 0.2) is 76.4 Å². The quantitative estimate of drug-likeness (QED) is 0.366. The average Bonchev–Trinajstić information content (AvgIpc) is 2.66. The maximum atomic E-state index is 6.84. The van der Waals surface area contributed by atoms with E-state index in [-0.39, 0.29) is 0 Å². The maximum Gasteiger partial charge on any atom is 0.191 e. The summed E-state index contributed by atoms with van der Waals surface area (Å²) >= 11 is 9.18. The predicted molar refractivity (Wildman–Crippen MR) is 117 cm³/mol. The first-order chi connectivity index (χ1) is 12.5. The van der Waals surface area contributed by atoms with Crippen molar-refractivity contribution in [2.75, 3.05) is 0 Å². The van der Waals surface area contributed by atoms with E-state index in [1.807, 2.05) is 24.3 Å². The molecular weight excluding hydrogens is 455 g/mol. The normalized spacial score (nSPS) is 15.4. The van der Waals surface area contributed by atoms with E-state index >= 15 is 0 Å². The van der Waals surface area contributed by atoms with Crippen molar-refractivity contribution in [2.24, 2.45) is 0 Å². The standard InChI is InChI=1S/C23H18ClIO/c1-15-7-11-17(12-8-15)23(18-13-9-16(2)10-14-18)22(25)21(24)19-5-3-4-6-20(19)26-23/h3-14H,1-2H3. The summed E-state index contributed by atoms with van der Waals surface area (Å²) in [6.45, 7) is 4.18. The number of para-hydroxylation sites is 1. The van der Waals surface area contributed by atoms with Gasteiger partial charge in [0.1, 0.15) is 5.75 Å². The molecule has 0 N–H and O–H groups in total. The van der Waals surface area contributed by atoms with Gasteiger partial charge in [-0.1, -0.05) is 83.4 Å². The summed E-state index contributed by atoms with van der Waals surface area (Å²) < 4.78 is 7.68. The van der Waals surface area contributed by atoms with Crippen molar-refractivity contribution in [3.63, 3.8) is 0 Å². The monoisotopic (exact) mass is 472 g/mol. The number of ether oxygens (including phenoxy) is 1. The lowest BCUT2D eigenvalue weighted by atomic mass is 9.83. The fraction of sp³-hybridized carbons (Fsp3) is 0.130. The molecule has 0 unspecified atom stereocenters. The molecule has 0 radical (unpaired) electrons. The van der Waals surface area contributed by atoms with E-state index in [9.17, 15) is 0 Å². The highest BCUT2D eigenvalue weighted by atomic mass is 127. The number of hydrogen-bond acceptors (Lipinski definition) is 1. The van der Waals surface area contributed by atoms with Gasteiger partial charge in [-0.2, -0.15) is 0 Å². The predicted octanol–water partition coefficient (Wildman–Crippen LogP) is 6.98. The van der Waals surface area contributed by atoms with Gasteiger partial charge in [0.25, 0.3) is 0 Å². The highest BCUT2D eigenvalue weighted by Gasteiger charge is 2.45. The molecule has 1 aliphatic heterocycles. The lowest BCUT2D eigenvalue weighted by Crippen LogP contribution is -2.37. The van der Waals surface area contributed by atoms with Crippen molar-refractivity contribution in [3.05, 3.63) is 104 Å². The molecule has 0 saturated heterocycles. The van der Waals surface area contributed by atoms with Crippen LogP contribution in [-0.2, 0) is 5.60 Å². The van der Waals surface area contributed by atoms with Gasteiger partial charge in [-0.25, -0.2) is 0 Å². The molecule has 3 heteroatoms. The molecule has 1 aliphatic rings. The summed E-state index contributed by atoms with van der Waals surface area (Å²) in [6, 6.07) is 25.0. The SMILES string of the molecule is Cc1ccc(C2(c3ccc(C)cc3)Oc3ccccc3C(Cl)=C2I)cc1. The fourth-order valence-corrected chi connectivity index (χ4v) is 4.65. The molecule has 4 rings (SSSR count). The Morgan fingerprint density at radius 1 is 0.769 bits per heavy atom. The van der Waals surface area contributed by atoms with Gasteiger partial charge in [-0.05, 0) is 48.6 Å². The Hall–Kier alpha value is -1.78. The number of aryl methyl sites for hydroxylation is 2. The van der Waals surface area contributed by atoms with Gasteiger partial charge >= 0.3 is 0 Å². The molecule has 0 aliphatic carbocycles. The van der Waals surface area contributed by atoms with E-state index in [0.29, 0.717) is 0 Å². The number of benzene rings is 3. The minimum atomic E-state index is -0.743. The molecule has 1 nitrogen and oxygen atoms in total. The van der Waals surface area contributed by atoms with Gasteiger partial charge in [-0.3, -0.25) is 0 Å². The highest BCUT2D eigenvalue weighted by molar-refractivity contribution is 14.1. The van der Waals surface area contributed by atoms with Gasteiger partial charge in [0.05, 0.1) is 8.61 Å². The Bertz CT molecular complexity index is 942. The van der Waals surface area contributed by atoms with Crippen LogP contribution in [0.4, 0.5) is 0 Å². The third-order valence-electron chi connectivity index (χ3n) is 4.80. The van der Waals surface area contributed by atoms with E-state index in [2.05, 4.69) is 85.0 Å². The molecule has 0 fully saturated rings. The van der Waals surface area contributed by atoms with E-state index in [0.717, 1.165) is 31.1 Å². The lowest BCUT2D eigenvalue weighted by molar-refractivity contribution is 0.158. The van der Waals surface area contributed by atoms with Gasteiger partial charge < -0.3 is 4.74 Å². The zero-order valence-corrected chi connectivity index (χ0v) is 17.5. The second-order valence-corrected chi connectivity index (χ2v) is 8.10. The molecule has 3 aromatic rings. The Morgan fingerprint density at radius 3 is 1.81 bits per heavy atom. The largest absolute Gasteiger partial charge is 0.472 e. The van der Waals surface area contributed by atoms with Crippen molar-refractivity contribution in [3.8, 4) is 5.75 Å². The minimum Gasteiger partial charge on any atom is -0.472 e. The van der Waals surface area contributed by atoms with Crippen molar-refractivity contribution < 1.29 is 4.74 Å². The average molecular weight is 473 g/mol. The van der Waals surface area contributed by atoms with Gasteiger partial charge in [0.15, 0.2) is 5.60 Å². The first-order valence-corrected chi connectivity index (χ1v) is 9.96. The van der Waals surface area contributed by atoms with E-state index in [1.54, 1.807) is 0 Å². The smallest absolute Gasteiger partial charge is 0.191 e. The second kappa shape index (κ2) is 6.75. The van der Waals surface area contributed by atoms with Gasteiger partial charge in [0, 0.05) is 16.7 Å². The van der Waals surface area contributed by atoms with Crippen molar-refractivity contribution in [1.29, 1.82) is 0 Å². The third kappa shape index (κ3) is 2.76. The zero-order valence-electron chi connectivity index (χ0n) is 14.6. The summed E-state index contributed by atoms with van der Waals surface area (Å²) in [5, 5.41) is 0.744. The van der Waals surface area contributed by atoms with Crippen molar-refractivity contribution >= 4 is 39.2 Å². The zero-order chi connectivity index (χ0) is 18.3. The Labute approximate surface area is 172 Å². The first kappa shape index (κ1) is 17.6. The van der Waals surface area contributed by atoms with E-state index < -0.39 is 5.60 Å². The molecular formula is C23H18ClIO. The molecule has 0 bridgehead atoms. The van der Waals surface area contributed by atoms with E-state index in [4.69, 9.17) is 16.3 Å². The molecule has 26 heavy (non-hydrogen) atoms. The molecule has 130 valence electrons. The molecule has 0 aromatic heterocycles. The lowest BCUT2D eigenvalue weighted by Gasteiger charge is -2.40.